The first-order valence-electron chi connectivity index (χ1n) is 6.10. The van der Waals surface area contributed by atoms with Gasteiger partial charge in [-0.05, 0) is 66.8 Å². The molecule has 0 aliphatic carbocycles. The molecule has 0 saturated heterocycles. The third-order valence-electron chi connectivity index (χ3n) is 3.38. The van der Waals surface area contributed by atoms with Crippen LogP contribution in [0.3, 0.4) is 0 Å². The SMILES string of the molecule is Cc1cc(C)c(C(O)c2cc(Br)cc(Br)c2)cc1C. The van der Waals surface area contributed by atoms with Gasteiger partial charge in [0.25, 0.3) is 0 Å². The van der Waals surface area contributed by atoms with E-state index in [2.05, 4.69) is 57.8 Å². The summed E-state index contributed by atoms with van der Waals surface area (Å²) in [5.41, 5.74) is 5.42. The van der Waals surface area contributed by atoms with Gasteiger partial charge < -0.3 is 5.11 Å². The summed E-state index contributed by atoms with van der Waals surface area (Å²) >= 11 is 6.91. The van der Waals surface area contributed by atoms with Gasteiger partial charge in [0.2, 0.25) is 0 Å². The summed E-state index contributed by atoms with van der Waals surface area (Å²) in [5, 5.41) is 10.6. The van der Waals surface area contributed by atoms with Gasteiger partial charge in [0.05, 0.1) is 0 Å². The molecule has 2 aromatic carbocycles. The average molecular weight is 384 g/mol. The minimum atomic E-state index is -0.604. The van der Waals surface area contributed by atoms with Gasteiger partial charge in [0.15, 0.2) is 0 Å². The van der Waals surface area contributed by atoms with Crippen molar-refractivity contribution in [3.8, 4) is 0 Å². The van der Waals surface area contributed by atoms with E-state index >= 15 is 0 Å². The van der Waals surface area contributed by atoms with Crippen molar-refractivity contribution in [2.24, 2.45) is 0 Å². The Balaban J connectivity index is 2.49. The van der Waals surface area contributed by atoms with Crippen LogP contribution >= 0.6 is 31.9 Å². The van der Waals surface area contributed by atoms with Gasteiger partial charge in [-0.15, -0.1) is 0 Å². The number of hydrogen-bond donors (Lipinski definition) is 1. The van der Waals surface area contributed by atoms with E-state index in [9.17, 15) is 5.11 Å². The Labute approximate surface area is 130 Å². The molecule has 0 aliphatic rings. The predicted octanol–water partition coefficient (Wildman–Crippen LogP) is 5.22. The lowest BCUT2D eigenvalue weighted by Crippen LogP contribution is -2.03. The van der Waals surface area contributed by atoms with Crippen LogP contribution in [-0.2, 0) is 0 Å². The predicted molar refractivity (Wildman–Crippen MR) is 86.6 cm³/mol. The largest absolute Gasteiger partial charge is 0.384 e. The molecule has 1 atom stereocenters. The summed E-state index contributed by atoms with van der Waals surface area (Å²) in [4.78, 5) is 0. The van der Waals surface area contributed by atoms with Gasteiger partial charge in [0, 0.05) is 8.95 Å². The standard InChI is InChI=1S/C16H16Br2O/c1-9-4-11(3)15(5-10(9)2)16(19)12-6-13(17)8-14(18)7-12/h4-8,16,19H,1-3H3. The molecule has 0 bridgehead atoms. The molecule has 0 amide bonds. The van der Waals surface area contributed by atoms with Crippen LogP contribution in [0.15, 0.2) is 39.3 Å². The number of rotatable bonds is 2. The van der Waals surface area contributed by atoms with Gasteiger partial charge in [-0.25, -0.2) is 0 Å². The second kappa shape index (κ2) is 5.78. The molecule has 2 rings (SSSR count). The number of aliphatic hydroxyl groups excluding tert-OH is 1. The Bertz CT molecular complexity index is 600. The lowest BCUT2D eigenvalue weighted by molar-refractivity contribution is 0.219. The molecule has 0 spiro atoms. The molecule has 0 aromatic heterocycles. The van der Waals surface area contributed by atoms with Gasteiger partial charge >= 0.3 is 0 Å². The zero-order valence-electron chi connectivity index (χ0n) is 11.2. The van der Waals surface area contributed by atoms with Crippen molar-refractivity contribution >= 4 is 31.9 Å². The lowest BCUT2D eigenvalue weighted by atomic mass is 9.94. The van der Waals surface area contributed by atoms with E-state index in [0.29, 0.717) is 0 Å². The quantitative estimate of drug-likeness (QED) is 0.753. The lowest BCUT2D eigenvalue weighted by Gasteiger charge is -2.17. The Morgan fingerprint density at radius 2 is 1.32 bits per heavy atom. The van der Waals surface area contributed by atoms with Crippen LogP contribution in [-0.4, -0.2) is 5.11 Å². The zero-order valence-corrected chi connectivity index (χ0v) is 14.3. The highest BCUT2D eigenvalue weighted by Crippen LogP contribution is 2.30. The molecule has 3 heteroatoms. The normalized spacial score (nSPS) is 12.5. The number of aliphatic hydroxyl groups is 1. The smallest absolute Gasteiger partial charge is 0.104 e. The van der Waals surface area contributed by atoms with Crippen LogP contribution in [0.4, 0.5) is 0 Å². The molecular weight excluding hydrogens is 368 g/mol. The van der Waals surface area contributed by atoms with Crippen molar-refractivity contribution in [3.05, 3.63) is 67.1 Å². The van der Waals surface area contributed by atoms with Crippen molar-refractivity contribution in [2.75, 3.05) is 0 Å². The molecule has 0 saturated carbocycles. The highest BCUT2D eigenvalue weighted by atomic mass is 79.9. The van der Waals surface area contributed by atoms with Crippen molar-refractivity contribution in [1.82, 2.24) is 0 Å². The molecular formula is C16H16Br2O. The fourth-order valence-electron chi connectivity index (χ4n) is 2.19. The maximum Gasteiger partial charge on any atom is 0.104 e. The van der Waals surface area contributed by atoms with Gasteiger partial charge in [-0.1, -0.05) is 44.0 Å². The molecule has 0 radical (unpaired) electrons. The molecule has 2 aromatic rings. The van der Waals surface area contributed by atoms with Crippen LogP contribution in [0.2, 0.25) is 0 Å². The Morgan fingerprint density at radius 1 is 0.789 bits per heavy atom. The van der Waals surface area contributed by atoms with Gasteiger partial charge in [-0.2, -0.15) is 0 Å². The first kappa shape index (κ1) is 14.8. The van der Waals surface area contributed by atoms with Crippen LogP contribution in [0.5, 0.6) is 0 Å². The van der Waals surface area contributed by atoms with Crippen molar-refractivity contribution in [2.45, 2.75) is 26.9 Å². The second-order valence-electron chi connectivity index (χ2n) is 4.90. The van der Waals surface area contributed by atoms with E-state index in [4.69, 9.17) is 0 Å². The Hall–Kier alpha value is -0.640. The Morgan fingerprint density at radius 3 is 1.89 bits per heavy atom. The van der Waals surface area contributed by atoms with Gasteiger partial charge in [0.1, 0.15) is 6.10 Å². The third kappa shape index (κ3) is 3.28. The van der Waals surface area contributed by atoms with E-state index in [1.165, 1.54) is 11.1 Å². The van der Waals surface area contributed by atoms with Crippen LogP contribution in [0.1, 0.15) is 33.9 Å². The number of benzene rings is 2. The summed E-state index contributed by atoms with van der Waals surface area (Å²) in [7, 11) is 0. The number of aryl methyl sites for hydroxylation is 3. The summed E-state index contributed by atoms with van der Waals surface area (Å²) in [6.45, 7) is 6.20. The topological polar surface area (TPSA) is 20.2 Å². The highest BCUT2D eigenvalue weighted by molar-refractivity contribution is 9.11. The van der Waals surface area contributed by atoms with E-state index in [1.54, 1.807) is 0 Å². The monoisotopic (exact) mass is 382 g/mol. The second-order valence-corrected chi connectivity index (χ2v) is 6.73. The summed E-state index contributed by atoms with van der Waals surface area (Å²) < 4.78 is 1.91. The van der Waals surface area contributed by atoms with E-state index < -0.39 is 6.10 Å². The van der Waals surface area contributed by atoms with E-state index in [-0.39, 0.29) is 0 Å². The summed E-state index contributed by atoms with van der Waals surface area (Å²) in [5.74, 6) is 0. The third-order valence-corrected chi connectivity index (χ3v) is 4.29. The minimum Gasteiger partial charge on any atom is -0.384 e. The number of halogens is 2. The molecule has 19 heavy (non-hydrogen) atoms. The molecule has 0 fully saturated rings. The summed E-state index contributed by atoms with van der Waals surface area (Å²) in [6, 6.07) is 10.1. The molecule has 1 unspecified atom stereocenters. The van der Waals surface area contributed by atoms with E-state index in [0.717, 1.165) is 25.6 Å². The minimum absolute atomic E-state index is 0.604. The first-order chi connectivity index (χ1) is 8.88. The van der Waals surface area contributed by atoms with Crippen molar-refractivity contribution < 1.29 is 5.11 Å². The maximum atomic E-state index is 10.6. The van der Waals surface area contributed by atoms with Crippen LogP contribution < -0.4 is 0 Å². The molecule has 0 heterocycles. The number of hydrogen-bond acceptors (Lipinski definition) is 1. The van der Waals surface area contributed by atoms with Crippen molar-refractivity contribution in [1.29, 1.82) is 0 Å². The maximum absolute atomic E-state index is 10.6. The van der Waals surface area contributed by atoms with E-state index in [1.807, 2.05) is 25.1 Å². The molecule has 1 N–H and O–H groups in total. The molecule has 1 nitrogen and oxygen atoms in total. The molecule has 100 valence electrons. The fraction of sp³-hybridized carbons (Fsp3) is 0.250. The fourth-order valence-corrected chi connectivity index (χ4v) is 3.52. The Kier molecular flexibility index (Phi) is 4.49. The van der Waals surface area contributed by atoms with Crippen molar-refractivity contribution in [3.63, 3.8) is 0 Å². The van der Waals surface area contributed by atoms with Crippen LogP contribution in [0.25, 0.3) is 0 Å². The highest BCUT2D eigenvalue weighted by Gasteiger charge is 2.15. The average Bonchev–Trinajstić information content (AvgIpc) is 2.31. The summed E-state index contributed by atoms with van der Waals surface area (Å²) in [6.07, 6.45) is -0.604. The zero-order chi connectivity index (χ0) is 14.2. The van der Waals surface area contributed by atoms with Crippen LogP contribution in [0, 0.1) is 20.8 Å². The molecule has 0 aliphatic heterocycles. The first-order valence-corrected chi connectivity index (χ1v) is 7.69. The van der Waals surface area contributed by atoms with Gasteiger partial charge in [-0.3, -0.25) is 0 Å².